The first kappa shape index (κ1) is 13.4. The highest BCUT2D eigenvalue weighted by atomic mass is 32.2. The molecule has 90 valence electrons. The highest BCUT2D eigenvalue weighted by Crippen LogP contribution is 2.20. The van der Waals surface area contributed by atoms with E-state index in [1.54, 1.807) is 31.2 Å². The van der Waals surface area contributed by atoms with Crippen molar-refractivity contribution in [3.63, 3.8) is 0 Å². The van der Waals surface area contributed by atoms with E-state index in [1.165, 1.54) is 0 Å². The van der Waals surface area contributed by atoms with Crippen molar-refractivity contribution < 1.29 is 13.2 Å². The summed E-state index contributed by atoms with van der Waals surface area (Å²) in [6, 6.07) is 8.85. The largest absolute Gasteiger partial charge is 0.297 e. The van der Waals surface area contributed by atoms with Gasteiger partial charge in [-0.25, -0.2) is 8.42 Å². The van der Waals surface area contributed by atoms with Crippen molar-refractivity contribution in [3.05, 3.63) is 35.4 Å². The van der Waals surface area contributed by atoms with Crippen LogP contribution in [0.25, 0.3) is 0 Å². The van der Waals surface area contributed by atoms with Crippen LogP contribution in [0.1, 0.15) is 17.0 Å². The molecule has 4 nitrogen and oxygen atoms in total. The maximum absolute atomic E-state index is 11.7. The van der Waals surface area contributed by atoms with Gasteiger partial charge in [0.1, 0.15) is 11.7 Å². The van der Waals surface area contributed by atoms with Crippen LogP contribution in [0.2, 0.25) is 0 Å². The van der Waals surface area contributed by atoms with Gasteiger partial charge in [0.25, 0.3) is 0 Å². The number of ketones is 1. The Hall–Kier alpha value is -1.67. The Labute approximate surface area is 101 Å². The lowest BCUT2D eigenvalue weighted by Gasteiger charge is -2.10. The molecule has 0 aliphatic rings. The third-order valence-electron chi connectivity index (χ3n) is 2.35. The van der Waals surface area contributed by atoms with Gasteiger partial charge in [0.05, 0.1) is 6.07 Å². The van der Waals surface area contributed by atoms with Crippen LogP contribution >= 0.6 is 0 Å². The number of carbonyl (C=O) groups is 1. The Morgan fingerprint density at radius 3 is 2.47 bits per heavy atom. The summed E-state index contributed by atoms with van der Waals surface area (Å²) in [4.78, 5) is 11.7. The van der Waals surface area contributed by atoms with Crippen LogP contribution in [0.3, 0.4) is 0 Å². The Balaban J connectivity index is 3.06. The summed E-state index contributed by atoms with van der Waals surface area (Å²) in [5.74, 6) is -2.19. The zero-order valence-electron chi connectivity index (χ0n) is 9.67. The molecular formula is C12H13NO3S. The molecule has 0 aromatic heterocycles. The number of benzene rings is 1. The van der Waals surface area contributed by atoms with Gasteiger partial charge in [0.2, 0.25) is 0 Å². The molecule has 5 heteroatoms. The predicted octanol–water partition coefficient (Wildman–Crippen LogP) is 1.22. The molecule has 0 aliphatic carbocycles. The molecule has 1 unspecified atom stereocenters. The molecule has 0 saturated heterocycles. The van der Waals surface area contributed by atoms with Crippen LogP contribution < -0.4 is 0 Å². The molecule has 1 atom stereocenters. The van der Waals surface area contributed by atoms with Crippen molar-refractivity contribution in [2.24, 2.45) is 0 Å². The molecule has 0 N–H and O–H groups in total. The molecule has 0 radical (unpaired) electrons. The number of nitriles is 1. The minimum absolute atomic E-state index is 0.573. The number of sulfone groups is 1. The van der Waals surface area contributed by atoms with Crippen LogP contribution in [-0.2, 0) is 14.6 Å². The molecular weight excluding hydrogens is 238 g/mol. The highest BCUT2D eigenvalue weighted by molar-refractivity contribution is 7.91. The van der Waals surface area contributed by atoms with Gasteiger partial charge in [-0.05, 0) is 18.1 Å². The molecule has 0 fully saturated rings. The number of aryl methyl sites for hydroxylation is 1. The van der Waals surface area contributed by atoms with E-state index in [-0.39, 0.29) is 0 Å². The SMILES string of the molecule is Cc1ccccc1C(C#N)C(=O)CS(C)(=O)=O. The lowest BCUT2D eigenvalue weighted by atomic mass is 9.93. The second kappa shape index (κ2) is 5.11. The summed E-state index contributed by atoms with van der Waals surface area (Å²) in [7, 11) is -3.40. The molecule has 0 bridgehead atoms. The van der Waals surface area contributed by atoms with Crippen LogP contribution in [-0.4, -0.2) is 26.2 Å². The van der Waals surface area contributed by atoms with Gasteiger partial charge in [-0.1, -0.05) is 24.3 Å². The monoisotopic (exact) mass is 251 g/mol. The maximum atomic E-state index is 11.7. The number of rotatable bonds is 4. The zero-order valence-corrected chi connectivity index (χ0v) is 10.5. The Morgan fingerprint density at radius 1 is 1.41 bits per heavy atom. The molecule has 0 amide bonds. The Morgan fingerprint density at radius 2 is 2.00 bits per heavy atom. The molecule has 1 rings (SSSR count). The minimum Gasteiger partial charge on any atom is -0.297 e. The number of Topliss-reactive ketones (excluding diaryl/α,β-unsaturated/α-hetero) is 1. The van der Waals surface area contributed by atoms with E-state index in [9.17, 15) is 13.2 Å². The van der Waals surface area contributed by atoms with Crippen molar-refractivity contribution in [1.82, 2.24) is 0 Å². The third-order valence-corrected chi connectivity index (χ3v) is 3.16. The summed E-state index contributed by atoms with van der Waals surface area (Å²) >= 11 is 0. The second-order valence-corrected chi connectivity index (χ2v) is 6.10. The van der Waals surface area contributed by atoms with E-state index >= 15 is 0 Å². The number of hydrogen-bond donors (Lipinski definition) is 0. The summed E-state index contributed by atoms with van der Waals surface area (Å²) in [6.45, 7) is 1.79. The van der Waals surface area contributed by atoms with Crippen LogP contribution in [0, 0.1) is 18.3 Å². The molecule has 0 saturated carbocycles. The molecule has 0 spiro atoms. The van der Waals surface area contributed by atoms with Crippen LogP contribution in [0.5, 0.6) is 0 Å². The fraction of sp³-hybridized carbons (Fsp3) is 0.333. The average Bonchev–Trinajstić information content (AvgIpc) is 2.19. The lowest BCUT2D eigenvalue weighted by molar-refractivity contribution is -0.116. The zero-order chi connectivity index (χ0) is 13.1. The average molecular weight is 251 g/mol. The van der Waals surface area contributed by atoms with E-state index < -0.39 is 27.3 Å². The van der Waals surface area contributed by atoms with E-state index in [0.29, 0.717) is 5.56 Å². The van der Waals surface area contributed by atoms with Gasteiger partial charge in [-0.15, -0.1) is 0 Å². The Kier molecular flexibility index (Phi) is 4.02. The van der Waals surface area contributed by atoms with Gasteiger partial charge in [-0.2, -0.15) is 5.26 Å². The van der Waals surface area contributed by atoms with Gasteiger partial charge < -0.3 is 0 Å². The van der Waals surface area contributed by atoms with Gasteiger partial charge >= 0.3 is 0 Å². The molecule has 0 aliphatic heterocycles. The van der Waals surface area contributed by atoms with Crippen LogP contribution in [0.15, 0.2) is 24.3 Å². The topological polar surface area (TPSA) is 75.0 Å². The van der Waals surface area contributed by atoms with Crippen molar-refractivity contribution in [2.75, 3.05) is 12.0 Å². The standard InChI is InChI=1S/C12H13NO3S/c1-9-5-3-4-6-10(9)11(7-13)12(14)8-17(2,15)16/h3-6,11H,8H2,1-2H3. The summed E-state index contributed by atoms with van der Waals surface area (Å²) in [6.07, 6.45) is 0.983. The van der Waals surface area contributed by atoms with Gasteiger partial charge in [-0.3, -0.25) is 4.79 Å². The first-order valence-corrected chi connectivity index (χ1v) is 7.07. The van der Waals surface area contributed by atoms with Crippen molar-refractivity contribution in [3.8, 4) is 6.07 Å². The molecule has 0 heterocycles. The summed E-state index contributed by atoms with van der Waals surface area (Å²) < 4.78 is 22.1. The predicted molar refractivity (Wildman–Crippen MR) is 64.3 cm³/mol. The second-order valence-electron chi connectivity index (χ2n) is 3.96. The number of hydrogen-bond acceptors (Lipinski definition) is 4. The summed E-state index contributed by atoms with van der Waals surface area (Å²) in [5, 5.41) is 9.01. The quantitative estimate of drug-likeness (QED) is 0.806. The van der Waals surface area contributed by atoms with Crippen molar-refractivity contribution in [1.29, 1.82) is 5.26 Å². The normalized spacial score (nSPS) is 12.8. The van der Waals surface area contributed by atoms with E-state index in [2.05, 4.69) is 0 Å². The van der Waals surface area contributed by atoms with Gasteiger partial charge in [0, 0.05) is 6.26 Å². The first-order valence-electron chi connectivity index (χ1n) is 5.00. The first-order chi connectivity index (χ1) is 7.85. The lowest BCUT2D eigenvalue weighted by Crippen LogP contribution is -2.21. The van der Waals surface area contributed by atoms with Crippen LogP contribution in [0.4, 0.5) is 0 Å². The van der Waals surface area contributed by atoms with Gasteiger partial charge in [0.15, 0.2) is 15.6 Å². The fourth-order valence-electron chi connectivity index (χ4n) is 1.57. The van der Waals surface area contributed by atoms with Crippen molar-refractivity contribution >= 4 is 15.6 Å². The Bertz CT molecular complexity index is 570. The molecule has 17 heavy (non-hydrogen) atoms. The smallest absolute Gasteiger partial charge is 0.169 e. The third kappa shape index (κ3) is 3.68. The maximum Gasteiger partial charge on any atom is 0.169 e. The number of carbonyl (C=O) groups excluding carboxylic acids is 1. The highest BCUT2D eigenvalue weighted by Gasteiger charge is 2.24. The summed E-state index contributed by atoms with van der Waals surface area (Å²) in [5.41, 5.74) is 1.38. The minimum atomic E-state index is -3.40. The van der Waals surface area contributed by atoms with Crippen molar-refractivity contribution in [2.45, 2.75) is 12.8 Å². The van der Waals surface area contributed by atoms with E-state index in [0.717, 1.165) is 11.8 Å². The molecule has 1 aromatic rings. The fourth-order valence-corrected chi connectivity index (χ4v) is 2.25. The number of nitrogens with zero attached hydrogens (tertiary/aromatic N) is 1. The van der Waals surface area contributed by atoms with E-state index in [4.69, 9.17) is 5.26 Å². The molecule has 1 aromatic carbocycles. The van der Waals surface area contributed by atoms with E-state index in [1.807, 2.05) is 6.07 Å².